The molecule has 0 heterocycles. The Balaban J connectivity index is 1.84. The van der Waals surface area contributed by atoms with Gasteiger partial charge in [-0.05, 0) is 67.9 Å². The molecular formula is C23H28F2N2O3S. The fourth-order valence-electron chi connectivity index (χ4n) is 4.11. The summed E-state index contributed by atoms with van der Waals surface area (Å²) in [6, 6.07) is 7.57. The minimum atomic E-state index is -3.93. The smallest absolute Gasteiger partial charge is 0.244 e. The number of aryl methyl sites for hydroxylation is 2. The summed E-state index contributed by atoms with van der Waals surface area (Å²) in [6.45, 7) is 3.37. The molecule has 2 aromatic rings. The fourth-order valence-corrected chi connectivity index (χ4v) is 5.28. The largest absolute Gasteiger partial charge is 0.347 e. The standard InChI is InChI=1S/C23H28F2N2O3S/c1-4-22(18-10-9-16-7-5-6-8-17(16)13-18)26-23(28)15(2)27(31(3,29)30)19-11-12-20(24)21(25)14-19/h9-15,22H,4-8H2,1-3H3,(H,26,28)/t15-,22-/m0/s1. The van der Waals surface area contributed by atoms with E-state index in [1.807, 2.05) is 13.0 Å². The van der Waals surface area contributed by atoms with Crippen molar-refractivity contribution in [3.05, 3.63) is 64.7 Å². The molecule has 1 N–H and O–H groups in total. The minimum Gasteiger partial charge on any atom is -0.347 e. The van der Waals surface area contributed by atoms with Crippen molar-refractivity contribution in [2.24, 2.45) is 0 Å². The third kappa shape index (κ3) is 5.23. The van der Waals surface area contributed by atoms with Gasteiger partial charge < -0.3 is 5.32 Å². The van der Waals surface area contributed by atoms with Crippen molar-refractivity contribution in [1.82, 2.24) is 5.32 Å². The molecule has 0 aliphatic heterocycles. The van der Waals surface area contributed by atoms with Crippen LogP contribution in [0.3, 0.4) is 0 Å². The van der Waals surface area contributed by atoms with Gasteiger partial charge in [0.1, 0.15) is 6.04 Å². The molecule has 0 spiro atoms. The van der Waals surface area contributed by atoms with Crippen LogP contribution >= 0.6 is 0 Å². The summed E-state index contributed by atoms with van der Waals surface area (Å²) < 4.78 is 52.6. The molecule has 0 fully saturated rings. The number of fused-ring (bicyclic) bond motifs is 1. The Kier molecular flexibility index (Phi) is 6.99. The molecule has 3 rings (SSSR count). The van der Waals surface area contributed by atoms with Crippen molar-refractivity contribution in [3.8, 4) is 0 Å². The van der Waals surface area contributed by atoms with Gasteiger partial charge in [0.05, 0.1) is 18.0 Å². The number of anilines is 1. The third-order valence-electron chi connectivity index (χ3n) is 5.75. The maximum absolute atomic E-state index is 13.7. The van der Waals surface area contributed by atoms with Crippen LogP contribution in [0, 0.1) is 11.6 Å². The first-order chi connectivity index (χ1) is 14.6. The van der Waals surface area contributed by atoms with Crippen LogP contribution in [-0.2, 0) is 27.7 Å². The van der Waals surface area contributed by atoms with Gasteiger partial charge in [-0.3, -0.25) is 9.10 Å². The maximum atomic E-state index is 13.7. The van der Waals surface area contributed by atoms with Crippen molar-refractivity contribution in [1.29, 1.82) is 0 Å². The Bertz CT molecular complexity index is 1070. The van der Waals surface area contributed by atoms with Crippen molar-refractivity contribution < 1.29 is 22.0 Å². The molecule has 0 radical (unpaired) electrons. The zero-order chi connectivity index (χ0) is 22.8. The Labute approximate surface area is 182 Å². The van der Waals surface area contributed by atoms with E-state index in [9.17, 15) is 22.0 Å². The lowest BCUT2D eigenvalue weighted by atomic mass is 9.88. The van der Waals surface area contributed by atoms with Gasteiger partial charge >= 0.3 is 0 Å². The summed E-state index contributed by atoms with van der Waals surface area (Å²) in [6.07, 6.45) is 5.96. The second-order valence-corrected chi connectivity index (χ2v) is 9.90. The number of carbonyl (C=O) groups is 1. The average Bonchev–Trinajstić information content (AvgIpc) is 2.73. The van der Waals surface area contributed by atoms with Crippen LogP contribution in [0.5, 0.6) is 0 Å². The van der Waals surface area contributed by atoms with E-state index in [0.717, 1.165) is 53.6 Å². The van der Waals surface area contributed by atoms with Crippen LogP contribution in [0.4, 0.5) is 14.5 Å². The number of halogens is 2. The van der Waals surface area contributed by atoms with Gasteiger partial charge in [0, 0.05) is 6.07 Å². The van der Waals surface area contributed by atoms with E-state index in [1.54, 1.807) is 0 Å². The van der Waals surface area contributed by atoms with Crippen LogP contribution < -0.4 is 9.62 Å². The number of nitrogens with zero attached hydrogens (tertiary/aromatic N) is 1. The van der Waals surface area contributed by atoms with Gasteiger partial charge in [0.25, 0.3) is 0 Å². The van der Waals surface area contributed by atoms with Crippen molar-refractivity contribution in [2.45, 2.75) is 58.0 Å². The molecule has 0 bridgehead atoms. The summed E-state index contributed by atoms with van der Waals surface area (Å²) in [4.78, 5) is 13.0. The Hall–Kier alpha value is -2.48. The highest BCUT2D eigenvalue weighted by atomic mass is 32.2. The molecule has 1 aliphatic carbocycles. The lowest BCUT2D eigenvalue weighted by Gasteiger charge is -2.30. The molecule has 2 atom stereocenters. The quantitative estimate of drug-likeness (QED) is 0.685. The number of benzene rings is 2. The summed E-state index contributed by atoms with van der Waals surface area (Å²) in [5.41, 5.74) is 3.50. The third-order valence-corrected chi connectivity index (χ3v) is 6.99. The lowest BCUT2D eigenvalue weighted by Crippen LogP contribution is -2.48. The molecule has 1 amide bonds. The Morgan fingerprint density at radius 1 is 1.06 bits per heavy atom. The Morgan fingerprint density at radius 3 is 2.35 bits per heavy atom. The van der Waals surface area contributed by atoms with E-state index in [4.69, 9.17) is 0 Å². The molecule has 31 heavy (non-hydrogen) atoms. The number of carbonyl (C=O) groups excluding carboxylic acids is 1. The first-order valence-corrected chi connectivity index (χ1v) is 12.3. The summed E-state index contributed by atoms with van der Waals surface area (Å²) in [5, 5.41) is 2.93. The summed E-state index contributed by atoms with van der Waals surface area (Å²) in [5.74, 6) is -2.79. The van der Waals surface area contributed by atoms with E-state index in [0.29, 0.717) is 6.42 Å². The van der Waals surface area contributed by atoms with Crippen LogP contribution in [-0.4, -0.2) is 26.6 Å². The number of amides is 1. The second-order valence-electron chi connectivity index (χ2n) is 8.04. The highest BCUT2D eigenvalue weighted by Crippen LogP contribution is 2.27. The molecule has 0 aromatic heterocycles. The van der Waals surface area contributed by atoms with Gasteiger partial charge in [-0.2, -0.15) is 0 Å². The van der Waals surface area contributed by atoms with Crippen LogP contribution in [0.15, 0.2) is 36.4 Å². The molecule has 0 saturated carbocycles. The van der Waals surface area contributed by atoms with Crippen LogP contribution in [0.1, 0.15) is 55.8 Å². The fraction of sp³-hybridized carbons (Fsp3) is 0.435. The molecule has 0 unspecified atom stereocenters. The number of rotatable bonds is 7. The highest BCUT2D eigenvalue weighted by molar-refractivity contribution is 7.92. The maximum Gasteiger partial charge on any atom is 0.244 e. The minimum absolute atomic E-state index is 0.106. The van der Waals surface area contributed by atoms with Gasteiger partial charge in [-0.25, -0.2) is 17.2 Å². The van der Waals surface area contributed by atoms with Gasteiger partial charge in [-0.15, -0.1) is 0 Å². The SMILES string of the molecule is CC[C@H](NC(=O)[C@H](C)N(c1ccc(F)c(F)c1)S(C)(=O)=O)c1ccc2c(c1)CCCC2. The van der Waals surface area contributed by atoms with Crippen molar-refractivity contribution >= 4 is 21.6 Å². The number of hydrogen-bond donors (Lipinski definition) is 1. The van der Waals surface area contributed by atoms with Crippen molar-refractivity contribution in [2.75, 3.05) is 10.6 Å². The van der Waals surface area contributed by atoms with Gasteiger partial charge in [-0.1, -0.05) is 25.1 Å². The average molecular weight is 451 g/mol. The lowest BCUT2D eigenvalue weighted by molar-refractivity contribution is -0.122. The number of hydrogen-bond acceptors (Lipinski definition) is 3. The number of sulfonamides is 1. The van der Waals surface area contributed by atoms with Crippen LogP contribution in [0.25, 0.3) is 0 Å². The van der Waals surface area contributed by atoms with Crippen molar-refractivity contribution in [3.63, 3.8) is 0 Å². The zero-order valence-electron chi connectivity index (χ0n) is 18.0. The first kappa shape index (κ1) is 23.2. The topological polar surface area (TPSA) is 66.5 Å². The first-order valence-electron chi connectivity index (χ1n) is 10.5. The molecule has 1 aliphatic rings. The van der Waals surface area contributed by atoms with Crippen LogP contribution in [0.2, 0.25) is 0 Å². The molecular weight excluding hydrogens is 422 g/mol. The van der Waals surface area contributed by atoms with E-state index >= 15 is 0 Å². The second kappa shape index (κ2) is 9.34. The molecule has 8 heteroatoms. The van der Waals surface area contributed by atoms with Gasteiger partial charge in [0.15, 0.2) is 11.6 Å². The highest BCUT2D eigenvalue weighted by Gasteiger charge is 2.31. The number of nitrogens with one attached hydrogen (secondary N) is 1. The molecule has 5 nitrogen and oxygen atoms in total. The van der Waals surface area contributed by atoms with E-state index < -0.39 is 33.6 Å². The van der Waals surface area contributed by atoms with Gasteiger partial charge in [0.2, 0.25) is 15.9 Å². The molecule has 168 valence electrons. The Morgan fingerprint density at radius 2 is 1.74 bits per heavy atom. The van der Waals surface area contributed by atoms with E-state index in [-0.39, 0.29) is 11.7 Å². The van der Waals surface area contributed by atoms with E-state index in [1.165, 1.54) is 24.5 Å². The summed E-state index contributed by atoms with van der Waals surface area (Å²) in [7, 11) is -3.93. The predicted octanol–water partition coefficient (Wildman–Crippen LogP) is 4.27. The summed E-state index contributed by atoms with van der Waals surface area (Å²) >= 11 is 0. The molecule has 2 aromatic carbocycles. The normalized spacial score (nSPS) is 15.6. The van der Waals surface area contributed by atoms with E-state index in [2.05, 4.69) is 17.4 Å². The molecule has 0 saturated heterocycles. The zero-order valence-corrected chi connectivity index (χ0v) is 18.8. The predicted molar refractivity (Wildman–Crippen MR) is 117 cm³/mol. The monoisotopic (exact) mass is 450 g/mol.